The Morgan fingerprint density at radius 3 is 2.96 bits per heavy atom. The second kappa shape index (κ2) is 6.82. The molecule has 0 bridgehead atoms. The van der Waals surface area contributed by atoms with Gasteiger partial charge in [0, 0.05) is 17.3 Å². The molecule has 9 heteroatoms. The van der Waals surface area contributed by atoms with Crippen LogP contribution in [0.4, 0.5) is 0 Å². The summed E-state index contributed by atoms with van der Waals surface area (Å²) < 4.78 is 29.8. The zero-order valence-electron chi connectivity index (χ0n) is 12.7. The van der Waals surface area contributed by atoms with E-state index in [2.05, 4.69) is 10.4 Å². The number of nitrogens with one attached hydrogen (secondary N) is 1. The van der Waals surface area contributed by atoms with E-state index in [4.69, 9.17) is 16.3 Å². The van der Waals surface area contributed by atoms with Gasteiger partial charge < -0.3 is 10.1 Å². The van der Waals surface area contributed by atoms with Crippen molar-refractivity contribution in [2.45, 2.75) is 19.2 Å². The number of hydrogen-bond donors (Lipinski definition) is 1. The minimum absolute atomic E-state index is 0.0165. The summed E-state index contributed by atoms with van der Waals surface area (Å²) >= 11 is 5.88. The standard InChI is InChI=1S/C15H16ClN3O4S/c16-11-2-1-3-13(8-11)23-10-19-6-4-14(18-19)15(20)17-12-5-7-24(21,22)9-12/h1-4,6,8,12H,5,7,9-10H2,(H,17,20)/t12-/m1/s1. The van der Waals surface area contributed by atoms with Crippen molar-refractivity contribution < 1.29 is 17.9 Å². The summed E-state index contributed by atoms with van der Waals surface area (Å²) in [7, 11) is -3.03. The van der Waals surface area contributed by atoms with Gasteiger partial charge in [0.2, 0.25) is 0 Å². The minimum Gasteiger partial charge on any atom is -0.471 e. The maximum atomic E-state index is 12.1. The number of amides is 1. The number of rotatable bonds is 5. The first-order chi connectivity index (χ1) is 11.4. The molecular formula is C15H16ClN3O4S. The Morgan fingerprint density at radius 2 is 2.25 bits per heavy atom. The normalized spacial score (nSPS) is 19.1. The fourth-order valence-electron chi connectivity index (χ4n) is 2.42. The topological polar surface area (TPSA) is 90.3 Å². The summed E-state index contributed by atoms with van der Waals surface area (Å²) in [6, 6.07) is 8.17. The third-order valence-electron chi connectivity index (χ3n) is 3.60. The van der Waals surface area contributed by atoms with Crippen molar-refractivity contribution in [3.8, 4) is 5.75 Å². The Bertz CT molecular complexity index is 850. The smallest absolute Gasteiger partial charge is 0.272 e. The molecule has 2 aromatic rings. The molecule has 1 atom stereocenters. The Morgan fingerprint density at radius 1 is 1.42 bits per heavy atom. The Balaban J connectivity index is 1.56. The van der Waals surface area contributed by atoms with Crippen LogP contribution in [0, 0.1) is 0 Å². The van der Waals surface area contributed by atoms with E-state index in [-0.39, 0.29) is 30.0 Å². The number of ether oxygens (including phenoxy) is 1. The monoisotopic (exact) mass is 369 g/mol. The van der Waals surface area contributed by atoms with E-state index < -0.39 is 15.7 Å². The van der Waals surface area contributed by atoms with E-state index in [9.17, 15) is 13.2 Å². The van der Waals surface area contributed by atoms with E-state index in [1.54, 1.807) is 36.5 Å². The van der Waals surface area contributed by atoms with Gasteiger partial charge in [-0.1, -0.05) is 17.7 Å². The van der Waals surface area contributed by atoms with Crippen LogP contribution < -0.4 is 10.1 Å². The largest absolute Gasteiger partial charge is 0.471 e. The van der Waals surface area contributed by atoms with E-state index in [1.807, 2.05) is 0 Å². The van der Waals surface area contributed by atoms with Gasteiger partial charge in [-0.05, 0) is 30.7 Å². The molecule has 1 aliphatic heterocycles. The van der Waals surface area contributed by atoms with Crippen LogP contribution in [-0.4, -0.2) is 41.7 Å². The molecule has 1 aliphatic rings. The molecule has 2 heterocycles. The molecule has 3 rings (SSSR count). The van der Waals surface area contributed by atoms with Gasteiger partial charge in [0.05, 0.1) is 11.5 Å². The molecule has 1 fully saturated rings. The van der Waals surface area contributed by atoms with Crippen molar-refractivity contribution in [1.29, 1.82) is 0 Å². The van der Waals surface area contributed by atoms with Gasteiger partial charge in [-0.25, -0.2) is 13.1 Å². The summed E-state index contributed by atoms with van der Waals surface area (Å²) in [4.78, 5) is 12.1. The fraction of sp³-hybridized carbons (Fsp3) is 0.333. The molecule has 1 aromatic heterocycles. The Hall–Kier alpha value is -2.06. The third-order valence-corrected chi connectivity index (χ3v) is 5.60. The van der Waals surface area contributed by atoms with Crippen molar-refractivity contribution in [3.63, 3.8) is 0 Å². The number of carbonyl (C=O) groups is 1. The summed E-state index contributed by atoms with van der Waals surface area (Å²) in [6.45, 7) is 0.130. The molecule has 128 valence electrons. The fourth-order valence-corrected chi connectivity index (χ4v) is 4.27. The first-order valence-electron chi connectivity index (χ1n) is 7.34. The maximum absolute atomic E-state index is 12.1. The highest BCUT2D eigenvalue weighted by atomic mass is 35.5. The first kappa shape index (κ1) is 16.8. The van der Waals surface area contributed by atoms with Crippen molar-refractivity contribution in [3.05, 3.63) is 47.2 Å². The molecule has 1 amide bonds. The summed E-state index contributed by atoms with van der Waals surface area (Å²) in [5.74, 6) is 0.302. The van der Waals surface area contributed by atoms with Crippen LogP contribution in [-0.2, 0) is 16.6 Å². The zero-order valence-corrected chi connectivity index (χ0v) is 14.3. The molecule has 1 N–H and O–H groups in total. The molecule has 0 unspecified atom stereocenters. The number of sulfone groups is 1. The molecule has 1 aromatic carbocycles. The molecular weight excluding hydrogens is 354 g/mol. The first-order valence-corrected chi connectivity index (χ1v) is 9.54. The zero-order chi connectivity index (χ0) is 17.2. The average molecular weight is 370 g/mol. The molecule has 0 aliphatic carbocycles. The van der Waals surface area contributed by atoms with Crippen LogP contribution in [0.2, 0.25) is 5.02 Å². The van der Waals surface area contributed by atoms with E-state index in [1.165, 1.54) is 4.68 Å². The van der Waals surface area contributed by atoms with Gasteiger partial charge in [0.1, 0.15) is 11.4 Å². The SMILES string of the molecule is O=C(N[C@@H]1CCS(=O)(=O)C1)c1ccn(COc2cccc(Cl)c2)n1. The van der Waals surface area contributed by atoms with Gasteiger partial charge in [-0.3, -0.25) is 4.79 Å². The molecule has 7 nitrogen and oxygen atoms in total. The number of halogens is 1. The number of hydrogen-bond acceptors (Lipinski definition) is 5. The Labute approximate surface area is 144 Å². The lowest BCUT2D eigenvalue weighted by Crippen LogP contribution is -2.35. The highest BCUT2D eigenvalue weighted by molar-refractivity contribution is 7.91. The maximum Gasteiger partial charge on any atom is 0.272 e. The van der Waals surface area contributed by atoms with Crippen LogP contribution >= 0.6 is 11.6 Å². The molecule has 0 saturated carbocycles. The number of benzene rings is 1. The van der Waals surface area contributed by atoms with Gasteiger partial charge >= 0.3 is 0 Å². The molecule has 1 saturated heterocycles. The van der Waals surface area contributed by atoms with Crippen molar-refractivity contribution >= 4 is 27.3 Å². The lowest BCUT2D eigenvalue weighted by Gasteiger charge is -2.09. The minimum atomic E-state index is -3.03. The molecule has 0 radical (unpaired) electrons. The van der Waals surface area contributed by atoms with Crippen molar-refractivity contribution in [2.75, 3.05) is 11.5 Å². The lowest BCUT2D eigenvalue weighted by molar-refractivity contribution is 0.0934. The summed E-state index contributed by atoms with van der Waals surface area (Å²) in [5.41, 5.74) is 0.217. The van der Waals surface area contributed by atoms with Crippen LogP contribution in [0.3, 0.4) is 0 Å². The number of carbonyl (C=O) groups excluding carboxylic acids is 1. The molecule has 0 spiro atoms. The highest BCUT2D eigenvalue weighted by Crippen LogP contribution is 2.17. The van der Waals surface area contributed by atoms with Gasteiger partial charge in [-0.2, -0.15) is 5.10 Å². The van der Waals surface area contributed by atoms with E-state index >= 15 is 0 Å². The highest BCUT2D eigenvalue weighted by Gasteiger charge is 2.29. The second-order valence-electron chi connectivity index (χ2n) is 5.54. The van der Waals surface area contributed by atoms with Crippen LogP contribution in [0.25, 0.3) is 0 Å². The Kier molecular flexibility index (Phi) is 4.77. The lowest BCUT2D eigenvalue weighted by atomic mass is 10.2. The van der Waals surface area contributed by atoms with Crippen LogP contribution in [0.1, 0.15) is 16.9 Å². The van der Waals surface area contributed by atoms with Crippen LogP contribution in [0.5, 0.6) is 5.75 Å². The predicted molar refractivity (Wildman–Crippen MR) is 88.8 cm³/mol. The second-order valence-corrected chi connectivity index (χ2v) is 8.21. The molecule has 24 heavy (non-hydrogen) atoms. The third kappa shape index (κ3) is 4.27. The van der Waals surface area contributed by atoms with Gasteiger partial charge in [0.25, 0.3) is 5.91 Å². The van der Waals surface area contributed by atoms with E-state index in [0.717, 1.165) is 0 Å². The average Bonchev–Trinajstić information content (AvgIpc) is 3.12. The van der Waals surface area contributed by atoms with E-state index in [0.29, 0.717) is 17.2 Å². The van der Waals surface area contributed by atoms with Gasteiger partial charge in [-0.15, -0.1) is 0 Å². The van der Waals surface area contributed by atoms with Gasteiger partial charge in [0.15, 0.2) is 16.6 Å². The quantitative estimate of drug-likeness (QED) is 0.862. The van der Waals surface area contributed by atoms with Crippen LogP contribution in [0.15, 0.2) is 36.5 Å². The van der Waals surface area contributed by atoms with Crippen molar-refractivity contribution in [2.24, 2.45) is 0 Å². The van der Waals surface area contributed by atoms with Crippen molar-refractivity contribution in [1.82, 2.24) is 15.1 Å². The summed E-state index contributed by atoms with van der Waals surface area (Å²) in [6.07, 6.45) is 2.05. The summed E-state index contributed by atoms with van der Waals surface area (Å²) in [5, 5.41) is 7.39. The predicted octanol–water partition coefficient (Wildman–Crippen LogP) is 1.49. The number of aromatic nitrogens is 2. The number of nitrogens with zero attached hydrogens (tertiary/aromatic N) is 2.